The van der Waals surface area contributed by atoms with E-state index in [1.807, 2.05) is 30.7 Å². The second-order valence-electron chi connectivity index (χ2n) is 5.74. The maximum atomic E-state index is 11.7. The average Bonchev–Trinajstić information content (AvgIpc) is 3.11. The number of rotatable bonds is 3. The fourth-order valence-electron chi connectivity index (χ4n) is 2.73. The molecular formula is C16H18N4O2S. The van der Waals surface area contributed by atoms with Crippen molar-refractivity contribution in [1.82, 2.24) is 19.7 Å². The van der Waals surface area contributed by atoms with Crippen LogP contribution in [0.4, 0.5) is 4.79 Å². The third-order valence-electron chi connectivity index (χ3n) is 3.77. The van der Waals surface area contributed by atoms with Gasteiger partial charge in [0.1, 0.15) is 5.82 Å². The van der Waals surface area contributed by atoms with Crippen LogP contribution in [0.25, 0.3) is 11.9 Å². The van der Waals surface area contributed by atoms with Crippen LogP contribution >= 0.6 is 11.8 Å². The minimum Gasteiger partial charge on any atom is -0.303 e. The molecule has 2 amide bonds. The minimum atomic E-state index is -0.336. The van der Waals surface area contributed by atoms with E-state index in [-0.39, 0.29) is 17.2 Å². The standard InChI is InChI=1S/C16H18N4O2S/c1-9(2)20-14(5-6-17-20)19-10(3)7-12(11(19)4)8-13-15(21)18-16(22)23-13/h5-9H,1-4H3,(H,18,21,22)/b13-8-. The van der Waals surface area contributed by atoms with Gasteiger partial charge in [-0.1, -0.05) is 0 Å². The SMILES string of the molecule is Cc1cc(/C=C2\SC(=O)NC2=O)c(C)n1-c1ccnn1C(C)C. The van der Waals surface area contributed by atoms with Crippen LogP contribution in [0.2, 0.25) is 0 Å². The van der Waals surface area contributed by atoms with Gasteiger partial charge in [-0.05, 0) is 57.2 Å². The zero-order valence-corrected chi connectivity index (χ0v) is 14.3. The predicted octanol–water partition coefficient (Wildman–Crippen LogP) is 3.20. The van der Waals surface area contributed by atoms with E-state index < -0.39 is 0 Å². The summed E-state index contributed by atoms with van der Waals surface area (Å²) in [5, 5.41) is 6.33. The third-order valence-corrected chi connectivity index (χ3v) is 4.58. The van der Waals surface area contributed by atoms with Gasteiger partial charge in [-0.15, -0.1) is 0 Å². The van der Waals surface area contributed by atoms with E-state index in [4.69, 9.17) is 0 Å². The number of imide groups is 1. The molecular weight excluding hydrogens is 312 g/mol. The van der Waals surface area contributed by atoms with Gasteiger partial charge in [0.2, 0.25) is 0 Å². The van der Waals surface area contributed by atoms with Crippen molar-refractivity contribution in [1.29, 1.82) is 0 Å². The van der Waals surface area contributed by atoms with Crippen molar-refractivity contribution in [2.45, 2.75) is 33.7 Å². The van der Waals surface area contributed by atoms with Crippen molar-refractivity contribution >= 4 is 29.0 Å². The van der Waals surface area contributed by atoms with Gasteiger partial charge in [0, 0.05) is 23.5 Å². The highest BCUT2D eigenvalue weighted by atomic mass is 32.2. The number of thioether (sulfide) groups is 1. The highest BCUT2D eigenvalue weighted by Gasteiger charge is 2.25. The summed E-state index contributed by atoms with van der Waals surface area (Å²) in [6, 6.07) is 4.23. The number of hydrogen-bond donors (Lipinski definition) is 1. The van der Waals surface area contributed by atoms with Crippen LogP contribution in [-0.4, -0.2) is 25.5 Å². The second-order valence-corrected chi connectivity index (χ2v) is 6.76. The molecule has 7 heteroatoms. The zero-order chi connectivity index (χ0) is 16.7. The first kappa shape index (κ1) is 15.6. The largest absolute Gasteiger partial charge is 0.303 e. The van der Waals surface area contributed by atoms with E-state index in [1.165, 1.54) is 0 Å². The molecule has 0 radical (unpaired) electrons. The average molecular weight is 330 g/mol. The van der Waals surface area contributed by atoms with E-state index in [0.29, 0.717) is 4.91 Å². The maximum absolute atomic E-state index is 11.7. The Kier molecular flexibility index (Phi) is 3.89. The Morgan fingerprint density at radius 1 is 1.30 bits per heavy atom. The molecule has 2 aromatic rings. The molecule has 0 bridgehead atoms. The number of aryl methyl sites for hydroxylation is 1. The second kappa shape index (κ2) is 5.73. The summed E-state index contributed by atoms with van der Waals surface area (Å²) in [5.41, 5.74) is 2.97. The van der Waals surface area contributed by atoms with Crippen LogP contribution in [0.3, 0.4) is 0 Å². The van der Waals surface area contributed by atoms with Crippen LogP contribution < -0.4 is 5.32 Å². The summed E-state index contributed by atoms with van der Waals surface area (Å²) in [4.78, 5) is 23.4. The topological polar surface area (TPSA) is 68.9 Å². The molecule has 1 saturated heterocycles. The van der Waals surface area contributed by atoms with Crippen molar-refractivity contribution < 1.29 is 9.59 Å². The molecule has 3 heterocycles. The number of carbonyl (C=O) groups excluding carboxylic acids is 2. The number of carbonyl (C=O) groups is 2. The molecule has 1 fully saturated rings. The number of hydrogen-bond acceptors (Lipinski definition) is 4. The lowest BCUT2D eigenvalue weighted by Gasteiger charge is -2.15. The van der Waals surface area contributed by atoms with Crippen LogP contribution in [0.1, 0.15) is 36.8 Å². The summed E-state index contributed by atoms with van der Waals surface area (Å²) in [7, 11) is 0. The summed E-state index contributed by atoms with van der Waals surface area (Å²) < 4.78 is 4.07. The van der Waals surface area contributed by atoms with Gasteiger partial charge in [0.25, 0.3) is 11.1 Å². The Bertz CT molecular complexity index is 829. The van der Waals surface area contributed by atoms with Crippen LogP contribution in [0.5, 0.6) is 0 Å². The van der Waals surface area contributed by atoms with Gasteiger partial charge in [-0.25, -0.2) is 4.68 Å². The van der Waals surface area contributed by atoms with Crippen molar-refractivity contribution in [2.75, 3.05) is 0 Å². The highest BCUT2D eigenvalue weighted by molar-refractivity contribution is 8.18. The molecule has 120 valence electrons. The van der Waals surface area contributed by atoms with Gasteiger partial charge < -0.3 is 4.57 Å². The van der Waals surface area contributed by atoms with Crippen LogP contribution in [0, 0.1) is 13.8 Å². The zero-order valence-electron chi connectivity index (χ0n) is 13.5. The smallest absolute Gasteiger partial charge is 0.290 e. The fraction of sp³-hybridized carbons (Fsp3) is 0.312. The van der Waals surface area contributed by atoms with Gasteiger partial charge in [0.05, 0.1) is 11.1 Å². The summed E-state index contributed by atoms with van der Waals surface area (Å²) in [5.74, 6) is 0.649. The number of aromatic nitrogens is 3. The van der Waals surface area contributed by atoms with Gasteiger partial charge in [0.15, 0.2) is 0 Å². The lowest BCUT2D eigenvalue weighted by molar-refractivity contribution is -0.115. The van der Waals surface area contributed by atoms with Crippen LogP contribution in [-0.2, 0) is 4.79 Å². The molecule has 0 aromatic carbocycles. The Hall–Kier alpha value is -2.28. The highest BCUT2D eigenvalue weighted by Crippen LogP contribution is 2.29. The minimum absolute atomic E-state index is 0.247. The quantitative estimate of drug-likeness (QED) is 0.878. The number of nitrogens with zero attached hydrogens (tertiary/aromatic N) is 3. The van der Waals surface area contributed by atoms with Crippen molar-refractivity contribution in [3.8, 4) is 5.82 Å². The molecule has 1 N–H and O–H groups in total. The summed E-state index contributed by atoms with van der Waals surface area (Å²) >= 11 is 0.933. The molecule has 0 aliphatic carbocycles. The first-order valence-electron chi connectivity index (χ1n) is 7.36. The van der Waals surface area contributed by atoms with E-state index in [1.54, 1.807) is 12.3 Å². The first-order chi connectivity index (χ1) is 10.9. The van der Waals surface area contributed by atoms with Crippen molar-refractivity contribution in [2.24, 2.45) is 0 Å². The Labute approximate surface area is 138 Å². The van der Waals surface area contributed by atoms with E-state index >= 15 is 0 Å². The van der Waals surface area contributed by atoms with Crippen LogP contribution in [0.15, 0.2) is 23.2 Å². The molecule has 0 spiro atoms. The molecule has 1 aliphatic heterocycles. The Morgan fingerprint density at radius 3 is 2.65 bits per heavy atom. The number of amides is 2. The molecule has 3 rings (SSSR count). The molecule has 0 unspecified atom stereocenters. The normalized spacial score (nSPS) is 16.7. The van der Waals surface area contributed by atoms with E-state index in [9.17, 15) is 9.59 Å². The molecule has 2 aromatic heterocycles. The molecule has 0 atom stereocenters. The third kappa shape index (κ3) is 2.72. The van der Waals surface area contributed by atoms with Crippen molar-refractivity contribution in [3.63, 3.8) is 0 Å². The predicted molar refractivity (Wildman–Crippen MR) is 90.5 cm³/mol. The lowest BCUT2D eigenvalue weighted by Crippen LogP contribution is -2.17. The Morgan fingerprint density at radius 2 is 2.04 bits per heavy atom. The van der Waals surface area contributed by atoms with Gasteiger partial charge >= 0.3 is 0 Å². The maximum Gasteiger partial charge on any atom is 0.290 e. The van der Waals surface area contributed by atoms with E-state index in [2.05, 4.69) is 28.8 Å². The monoisotopic (exact) mass is 330 g/mol. The molecule has 6 nitrogen and oxygen atoms in total. The van der Waals surface area contributed by atoms with Crippen molar-refractivity contribution in [3.05, 3.63) is 40.2 Å². The number of nitrogens with one attached hydrogen (secondary N) is 1. The fourth-order valence-corrected chi connectivity index (χ4v) is 3.40. The Balaban J connectivity index is 2.07. The summed E-state index contributed by atoms with van der Waals surface area (Å²) in [6.45, 7) is 8.17. The lowest BCUT2D eigenvalue weighted by atomic mass is 10.2. The van der Waals surface area contributed by atoms with Gasteiger partial charge in [-0.2, -0.15) is 5.10 Å². The summed E-state index contributed by atoms with van der Waals surface area (Å²) in [6.07, 6.45) is 3.55. The van der Waals surface area contributed by atoms with E-state index in [0.717, 1.165) is 34.5 Å². The first-order valence-corrected chi connectivity index (χ1v) is 8.18. The molecule has 23 heavy (non-hydrogen) atoms. The molecule has 0 saturated carbocycles. The molecule has 1 aliphatic rings. The van der Waals surface area contributed by atoms with Gasteiger partial charge in [-0.3, -0.25) is 14.9 Å².